The highest BCUT2D eigenvalue weighted by molar-refractivity contribution is 7.17. The molecule has 3 aromatic rings. The topological polar surface area (TPSA) is 61.9 Å². The molecule has 0 spiro atoms. The van der Waals surface area contributed by atoms with Crippen LogP contribution in [0.25, 0.3) is 0 Å². The summed E-state index contributed by atoms with van der Waals surface area (Å²) in [5, 5.41) is 3.68. The zero-order valence-electron chi connectivity index (χ0n) is 20.7. The number of ether oxygens (including phenoxy) is 1. The molecule has 188 valence electrons. The maximum atomic E-state index is 13.0. The number of hydrogen-bond acceptors (Lipinski definition) is 6. The molecule has 1 aliphatic heterocycles. The van der Waals surface area contributed by atoms with Crippen LogP contribution in [0.2, 0.25) is 0 Å². The van der Waals surface area contributed by atoms with Gasteiger partial charge in [-0.05, 0) is 42.4 Å². The van der Waals surface area contributed by atoms with E-state index in [0.717, 1.165) is 57.4 Å². The van der Waals surface area contributed by atoms with E-state index in [0.29, 0.717) is 17.1 Å². The van der Waals surface area contributed by atoms with Crippen LogP contribution in [0.3, 0.4) is 0 Å². The first-order valence-electron chi connectivity index (χ1n) is 12.7. The fourth-order valence-electron chi connectivity index (χ4n) is 5.41. The molecule has 36 heavy (non-hydrogen) atoms. The van der Waals surface area contributed by atoms with Crippen LogP contribution < -0.4 is 5.32 Å². The second-order valence-electron chi connectivity index (χ2n) is 9.49. The number of anilines is 1. The zero-order chi connectivity index (χ0) is 24.9. The molecule has 1 amide bonds. The van der Waals surface area contributed by atoms with Gasteiger partial charge < -0.3 is 10.1 Å². The second kappa shape index (κ2) is 11.4. The normalized spacial score (nSPS) is 16.5. The van der Waals surface area contributed by atoms with Gasteiger partial charge in [-0.15, -0.1) is 11.3 Å². The quantitative estimate of drug-likeness (QED) is 0.471. The Labute approximate surface area is 216 Å². The number of methoxy groups -OCH3 is 1. The average molecular weight is 504 g/mol. The first-order chi connectivity index (χ1) is 17.6. The molecule has 1 saturated heterocycles. The number of piperazine rings is 1. The molecule has 7 heteroatoms. The van der Waals surface area contributed by atoms with Gasteiger partial charge in [0.05, 0.1) is 25.3 Å². The number of nitrogens with one attached hydrogen (secondary N) is 1. The lowest BCUT2D eigenvalue weighted by Gasteiger charge is -2.39. The maximum absolute atomic E-state index is 13.0. The van der Waals surface area contributed by atoms with Crippen LogP contribution in [0, 0.1) is 0 Å². The molecular weight excluding hydrogens is 470 g/mol. The third kappa shape index (κ3) is 5.38. The van der Waals surface area contributed by atoms with Gasteiger partial charge >= 0.3 is 5.97 Å². The lowest BCUT2D eigenvalue weighted by Crippen LogP contribution is -2.49. The molecule has 0 atom stereocenters. The summed E-state index contributed by atoms with van der Waals surface area (Å²) in [5.41, 5.74) is 4.19. The van der Waals surface area contributed by atoms with Crippen molar-refractivity contribution in [2.45, 2.75) is 31.7 Å². The average Bonchev–Trinajstić information content (AvgIpc) is 3.28. The van der Waals surface area contributed by atoms with Crippen molar-refractivity contribution in [1.29, 1.82) is 0 Å². The lowest BCUT2D eigenvalue weighted by atomic mass is 9.95. The van der Waals surface area contributed by atoms with E-state index in [1.807, 2.05) is 0 Å². The summed E-state index contributed by atoms with van der Waals surface area (Å²) >= 11 is 1.54. The zero-order valence-corrected chi connectivity index (χ0v) is 21.6. The molecule has 0 bridgehead atoms. The summed E-state index contributed by atoms with van der Waals surface area (Å²) in [4.78, 5) is 31.4. The van der Waals surface area contributed by atoms with E-state index in [9.17, 15) is 9.59 Å². The summed E-state index contributed by atoms with van der Waals surface area (Å²) in [6.45, 7) is 3.70. The maximum Gasteiger partial charge on any atom is 0.341 e. The fraction of sp³-hybridized carbons (Fsp3) is 0.379. The number of thiophene rings is 1. The van der Waals surface area contributed by atoms with Crippen LogP contribution in [0.1, 0.15) is 50.8 Å². The van der Waals surface area contributed by atoms with E-state index in [1.165, 1.54) is 34.5 Å². The van der Waals surface area contributed by atoms with Gasteiger partial charge in [0, 0.05) is 31.1 Å². The van der Waals surface area contributed by atoms with Crippen LogP contribution in [-0.4, -0.2) is 61.5 Å². The highest BCUT2D eigenvalue weighted by Gasteiger charge is 2.29. The van der Waals surface area contributed by atoms with Crippen LogP contribution >= 0.6 is 11.3 Å². The van der Waals surface area contributed by atoms with Crippen molar-refractivity contribution in [3.8, 4) is 0 Å². The number of benzene rings is 2. The second-order valence-corrected chi connectivity index (χ2v) is 10.6. The van der Waals surface area contributed by atoms with E-state index < -0.39 is 0 Å². The number of carbonyl (C=O) groups is 2. The van der Waals surface area contributed by atoms with Crippen molar-refractivity contribution in [2.24, 2.45) is 0 Å². The third-order valence-electron chi connectivity index (χ3n) is 7.18. The summed E-state index contributed by atoms with van der Waals surface area (Å²) in [5.74, 6) is -0.430. The number of carbonyl (C=O) groups excluding carboxylic acids is 2. The van der Waals surface area contributed by atoms with Crippen molar-refractivity contribution in [1.82, 2.24) is 9.80 Å². The van der Waals surface area contributed by atoms with E-state index in [2.05, 4.69) is 75.8 Å². The monoisotopic (exact) mass is 503 g/mol. The van der Waals surface area contributed by atoms with E-state index in [-0.39, 0.29) is 17.9 Å². The Morgan fingerprint density at radius 3 is 2.14 bits per heavy atom. The number of esters is 1. The van der Waals surface area contributed by atoms with Crippen LogP contribution in [-0.2, 0) is 22.4 Å². The van der Waals surface area contributed by atoms with Crippen molar-refractivity contribution in [3.05, 3.63) is 87.8 Å². The number of hydrogen-bond donors (Lipinski definition) is 1. The van der Waals surface area contributed by atoms with Gasteiger partial charge in [-0.2, -0.15) is 0 Å². The molecule has 0 radical (unpaired) electrons. The minimum atomic E-state index is -0.355. The number of nitrogens with zero attached hydrogens (tertiary/aromatic N) is 2. The molecule has 2 aliphatic rings. The predicted molar refractivity (Wildman–Crippen MR) is 144 cm³/mol. The number of aryl methyl sites for hydroxylation is 1. The van der Waals surface area contributed by atoms with Gasteiger partial charge in [0.15, 0.2) is 0 Å². The summed E-state index contributed by atoms with van der Waals surface area (Å²) < 4.78 is 5.04. The summed E-state index contributed by atoms with van der Waals surface area (Å²) in [7, 11) is 1.40. The first-order valence-corrected chi connectivity index (χ1v) is 13.5. The molecular formula is C29H33N3O3S. The minimum absolute atomic E-state index is 0.0742. The molecule has 1 N–H and O–H groups in total. The molecule has 6 nitrogen and oxygen atoms in total. The Morgan fingerprint density at radius 1 is 0.917 bits per heavy atom. The van der Waals surface area contributed by atoms with E-state index in [4.69, 9.17) is 4.74 Å². The molecule has 2 heterocycles. The van der Waals surface area contributed by atoms with Crippen molar-refractivity contribution in [3.63, 3.8) is 0 Å². The largest absolute Gasteiger partial charge is 0.465 e. The molecule has 0 saturated carbocycles. The van der Waals surface area contributed by atoms with Gasteiger partial charge in [0.25, 0.3) is 0 Å². The highest BCUT2D eigenvalue weighted by Crippen LogP contribution is 2.38. The van der Waals surface area contributed by atoms with Crippen molar-refractivity contribution < 1.29 is 14.3 Å². The number of rotatable bonds is 7. The Bertz CT molecular complexity index is 1150. The number of amides is 1. The Hall–Kier alpha value is -3.00. The smallest absolute Gasteiger partial charge is 0.341 e. The van der Waals surface area contributed by atoms with Crippen LogP contribution in [0.5, 0.6) is 0 Å². The standard InChI is InChI=1S/C29H33N3O3S/c1-35-29(34)26-23-14-8-9-15-24(23)36-28(26)30-25(33)20-31-16-18-32(19-17-31)27(21-10-4-2-5-11-21)22-12-6-3-7-13-22/h2-7,10-13,27H,8-9,14-20H2,1H3,(H,30,33). The Kier molecular flexibility index (Phi) is 7.80. The Balaban J connectivity index is 1.23. The summed E-state index contributed by atoms with van der Waals surface area (Å²) in [6, 6.07) is 21.4. The fourth-order valence-corrected chi connectivity index (χ4v) is 6.70. The first kappa shape index (κ1) is 24.7. The highest BCUT2D eigenvalue weighted by atomic mass is 32.1. The van der Waals surface area contributed by atoms with Gasteiger partial charge in [0.1, 0.15) is 5.00 Å². The molecule has 1 aliphatic carbocycles. The number of fused-ring (bicyclic) bond motifs is 1. The molecule has 5 rings (SSSR count). The van der Waals surface area contributed by atoms with Gasteiger partial charge in [0.2, 0.25) is 5.91 Å². The van der Waals surface area contributed by atoms with Crippen LogP contribution in [0.4, 0.5) is 5.00 Å². The lowest BCUT2D eigenvalue weighted by molar-refractivity contribution is -0.117. The molecule has 1 fully saturated rings. The van der Waals surface area contributed by atoms with Gasteiger partial charge in [-0.1, -0.05) is 60.7 Å². The van der Waals surface area contributed by atoms with Crippen molar-refractivity contribution >= 4 is 28.2 Å². The van der Waals surface area contributed by atoms with E-state index >= 15 is 0 Å². The van der Waals surface area contributed by atoms with Crippen molar-refractivity contribution in [2.75, 3.05) is 45.2 Å². The summed E-state index contributed by atoms with van der Waals surface area (Å²) in [6.07, 6.45) is 4.03. The molecule has 0 unspecified atom stereocenters. The minimum Gasteiger partial charge on any atom is -0.465 e. The van der Waals surface area contributed by atoms with Crippen LogP contribution in [0.15, 0.2) is 60.7 Å². The molecule has 1 aromatic heterocycles. The van der Waals surface area contributed by atoms with Gasteiger partial charge in [-0.25, -0.2) is 4.79 Å². The van der Waals surface area contributed by atoms with Gasteiger partial charge in [-0.3, -0.25) is 14.6 Å². The predicted octanol–water partition coefficient (Wildman–Crippen LogP) is 4.76. The van der Waals surface area contributed by atoms with E-state index in [1.54, 1.807) is 0 Å². The Morgan fingerprint density at radius 2 is 1.53 bits per heavy atom. The SMILES string of the molecule is COC(=O)c1c(NC(=O)CN2CCN(C(c3ccccc3)c3ccccc3)CC2)sc2c1CCCC2. The molecule has 2 aromatic carbocycles. The third-order valence-corrected chi connectivity index (χ3v) is 8.39.